The molecule has 0 fully saturated rings. The molecule has 0 amide bonds. The zero-order valence-electron chi connectivity index (χ0n) is 17.7. The molecule has 1 aromatic carbocycles. The third-order valence-electron chi connectivity index (χ3n) is 6.11. The molecule has 0 saturated carbocycles. The third-order valence-corrected chi connectivity index (χ3v) is 7.27. The monoisotopic (exact) mass is 435 g/mol. The van der Waals surface area contributed by atoms with Crippen LogP contribution in [0.15, 0.2) is 52.0 Å². The number of nitrogens with zero attached hydrogens (tertiary/aromatic N) is 3. The van der Waals surface area contributed by atoms with Crippen LogP contribution >= 0.6 is 11.3 Å². The van der Waals surface area contributed by atoms with Crippen LogP contribution in [0.3, 0.4) is 0 Å². The lowest BCUT2D eigenvalue weighted by Gasteiger charge is -2.20. The van der Waals surface area contributed by atoms with Gasteiger partial charge >= 0.3 is 0 Å². The van der Waals surface area contributed by atoms with Gasteiger partial charge in [-0.25, -0.2) is 4.98 Å². The van der Waals surface area contributed by atoms with Crippen molar-refractivity contribution in [1.29, 1.82) is 0 Å². The molecule has 160 valence electrons. The van der Waals surface area contributed by atoms with Gasteiger partial charge in [0.05, 0.1) is 23.4 Å². The Morgan fingerprint density at radius 2 is 2.16 bits per heavy atom. The average molecular weight is 436 g/mol. The number of aromatic nitrogens is 3. The molecule has 0 aliphatic heterocycles. The van der Waals surface area contributed by atoms with E-state index in [1.165, 1.54) is 16.0 Å². The van der Waals surface area contributed by atoms with Crippen LogP contribution in [0.1, 0.15) is 40.3 Å². The van der Waals surface area contributed by atoms with Crippen LogP contribution in [-0.2, 0) is 32.4 Å². The summed E-state index contributed by atoms with van der Waals surface area (Å²) in [5.41, 5.74) is 3.58. The highest BCUT2D eigenvalue weighted by atomic mass is 32.1. The molecule has 6 nitrogen and oxygen atoms in total. The maximum Gasteiger partial charge on any atom is 0.262 e. The van der Waals surface area contributed by atoms with Gasteiger partial charge in [-0.15, -0.1) is 11.3 Å². The molecule has 1 aliphatic carbocycles. The lowest BCUT2D eigenvalue weighted by atomic mass is 9.93. The van der Waals surface area contributed by atoms with E-state index >= 15 is 0 Å². The highest BCUT2D eigenvalue weighted by Gasteiger charge is 2.27. The standard InChI is InChI=1S/C24H26N4O2S/c1-16-12-19(30-27-16)14-25-18-9-10-20-21(13-18)31-23-22(20)24(29)28(15-26-23)11-5-8-17-6-3-2-4-7-17/h2-4,6-7,12,15,18,25H,5,8-11,13-14H2,1H3/p+1. The van der Waals surface area contributed by atoms with Gasteiger partial charge in [-0.2, -0.15) is 0 Å². The second-order valence-electron chi connectivity index (χ2n) is 8.39. The number of nitrogens with two attached hydrogens (primary N) is 1. The quantitative estimate of drug-likeness (QED) is 0.484. The number of benzene rings is 1. The lowest BCUT2D eigenvalue weighted by molar-refractivity contribution is -0.706. The summed E-state index contributed by atoms with van der Waals surface area (Å²) in [6.07, 6.45) is 6.62. The van der Waals surface area contributed by atoms with E-state index in [9.17, 15) is 4.79 Å². The van der Waals surface area contributed by atoms with Crippen molar-refractivity contribution in [3.63, 3.8) is 0 Å². The summed E-state index contributed by atoms with van der Waals surface area (Å²) < 4.78 is 7.12. The Morgan fingerprint density at radius 1 is 1.29 bits per heavy atom. The van der Waals surface area contributed by atoms with Crippen molar-refractivity contribution >= 4 is 21.6 Å². The second-order valence-corrected chi connectivity index (χ2v) is 9.48. The summed E-state index contributed by atoms with van der Waals surface area (Å²) in [6.45, 7) is 3.45. The summed E-state index contributed by atoms with van der Waals surface area (Å²) in [7, 11) is 0. The van der Waals surface area contributed by atoms with Crippen LogP contribution in [0.25, 0.3) is 10.2 Å². The van der Waals surface area contributed by atoms with Crippen molar-refractivity contribution in [1.82, 2.24) is 14.7 Å². The van der Waals surface area contributed by atoms with Crippen LogP contribution in [0.5, 0.6) is 0 Å². The minimum Gasteiger partial charge on any atom is -0.355 e. The van der Waals surface area contributed by atoms with Gasteiger partial charge in [0.2, 0.25) is 0 Å². The molecule has 0 radical (unpaired) electrons. The summed E-state index contributed by atoms with van der Waals surface area (Å²) in [4.78, 5) is 20.1. The molecule has 1 unspecified atom stereocenters. The number of rotatable bonds is 7. The van der Waals surface area contributed by atoms with Crippen molar-refractivity contribution in [2.75, 3.05) is 0 Å². The maximum absolute atomic E-state index is 13.2. The number of thiophene rings is 1. The molecule has 3 aromatic heterocycles. The normalized spacial score (nSPS) is 16.0. The van der Waals surface area contributed by atoms with E-state index in [4.69, 9.17) is 4.52 Å². The molecule has 4 aromatic rings. The van der Waals surface area contributed by atoms with Gasteiger partial charge in [-0.1, -0.05) is 35.5 Å². The number of quaternary nitrogens is 1. The first-order chi connectivity index (χ1) is 15.2. The third kappa shape index (κ3) is 4.34. The molecule has 31 heavy (non-hydrogen) atoms. The minimum atomic E-state index is 0.120. The van der Waals surface area contributed by atoms with Gasteiger partial charge in [0.1, 0.15) is 11.4 Å². The largest absolute Gasteiger partial charge is 0.355 e. The molecular weight excluding hydrogens is 408 g/mol. The zero-order chi connectivity index (χ0) is 21.2. The van der Waals surface area contributed by atoms with Crippen molar-refractivity contribution in [2.45, 2.75) is 58.2 Å². The Morgan fingerprint density at radius 3 is 2.97 bits per heavy atom. The van der Waals surface area contributed by atoms with Crippen molar-refractivity contribution in [3.05, 3.63) is 80.5 Å². The molecule has 0 saturated heterocycles. The van der Waals surface area contributed by atoms with E-state index in [1.807, 2.05) is 19.1 Å². The van der Waals surface area contributed by atoms with Gasteiger partial charge in [-0.05, 0) is 37.3 Å². The van der Waals surface area contributed by atoms with E-state index < -0.39 is 0 Å². The number of fused-ring (bicyclic) bond motifs is 3. The molecule has 2 N–H and O–H groups in total. The van der Waals surface area contributed by atoms with E-state index in [0.717, 1.165) is 60.3 Å². The van der Waals surface area contributed by atoms with Gasteiger partial charge in [0.25, 0.3) is 5.56 Å². The fourth-order valence-electron chi connectivity index (χ4n) is 4.48. The summed E-state index contributed by atoms with van der Waals surface area (Å²) in [6, 6.07) is 12.9. The molecule has 3 heterocycles. The van der Waals surface area contributed by atoms with Crippen LogP contribution in [0, 0.1) is 6.92 Å². The van der Waals surface area contributed by atoms with Crippen molar-refractivity contribution < 1.29 is 9.84 Å². The van der Waals surface area contributed by atoms with Crippen LogP contribution in [-0.4, -0.2) is 20.7 Å². The van der Waals surface area contributed by atoms with Gasteiger partial charge in [-0.3, -0.25) is 9.36 Å². The first-order valence-electron chi connectivity index (χ1n) is 11.0. The fraction of sp³-hybridized carbons (Fsp3) is 0.375. The Labute approximate surface area is 184 Å². The van der Waals surface area contributed by atoms with E-state index in [2.05, 4.69) is 39.7 Å². The molecule has 5 rings (SSSR count). The summed E-state index contributed by atoms with van der Waals surface area (Å²) >= 11 is 1.69. The van der Waals surface area contributed by atoms with Crippen LogP contribution in [0.2, 0.25) is 0 Å². The van der Waals surface area contributed by atoms with Crippen molar-refractivity contribution in [3.8, 4) is 0 Å². The van der Waals surface area contributed by atoms with Crippen molar-refractivity contribution in [2.24, 2.45) is 0 Å². The summed E-state index contributed by atoms with van der Waals surface area (Å²) in [5, 5.41) is 7.15. The number of aryl methyl sites for hydroxylation is 4. The van der Waals surface area contributed by atoms with E-state index in [1.54, 1.807) is 22.2 Å². The maximum atomic E-state index is 13.2. The Kier molecular flexibility index (Phi) is 5.70. The van der Waals surface area contributed by atoms with Gasteiger partial charge in [0.15, 0.2) is 5.76 Å². The van der Waals surface area contributed by atoms with E-state index in [0.29, 0.717) is 12.6 Å². The Balaban J connectivity index is 1.28. The predicted octanol–water partition coefficient (Wildman–Crippen LogP) is 3.01. The second kappa shape index (κ2) is 8.77. The average Bonchev–Trinajstić information content (AvgIpc) is 3.37. The molecular formula is C24H27N4O2S+. The fourth-order valence-corrected chi connectivity index (χ4v) is 5.75. The Hall–Kier alpha value is -2.77. The molecule has 7 heteroatoms. The van der Waals surface area contributed by atoms with Crippen LogP contribution < -0.4 is 10.9 Å². The van der Waals surface area contributed by atoms with Crippen LogP contribution in [0.4, 0.5) is 0 Å². The highest BCUT2D eigenvalue weighted by molar-refractivity contribution is 7.18. The van der Waals surface area contributed by atoms with E-state index in [-0.39, 0.29) is 5.56 Å². The first kappa shape index (κ1) is 20.2. The zero-order valence-corrected chi connectivity index (χ0v) is 18.5. The topological polar surface area (TPSA) is 77.5 Å². The first-order valence-corrected chi connectivity index (χ1v) is 11.8. The number of hydrogen-bond donors (Lipinski definition) is 1. The highest BCUT2D eigenvalue weighted by Crippen LogP contribution is 2.33. The Bertz CT molecular complexity index is 1240. The molecule has 1 aliphatic rings. The summed E-state index contributed by atoms with van der Waals surface area (Å²) in [5.74, 6) is 0.916. The smallest absolute Gasteiger partial charge is 0.262 e. The predicted molar refractivity (Wildman–Crippen MR) is 121 cm³/mol. The molecule has 0 spiro atoms. The number of hydrogen-bond acceptors (Lipinski definition) is 5. The SMILES string of the molecule is Cc1cc(C[NH2+]C2CCc3c(sc4ncn(CCCc5ccccc5)c(=O)c34)C2)on1. The van der Waals surface area contributed by atoms with Gasteiger partial charge < -0.3 is 9.84 Å². The lowest BCUT2D eigenvalue weighted by Crippen LogP contribution is -2.89. The molecule has 1 atom stereocenters. The minimum absolute atomic E-state index is 0.120. The van der Waals surface area contributed by atoms with Gasteiger partial charge in [0, 0.05) is 30.3 Å². The molecule has 0 bridgehead atoms.